The molecule has 0 aromatic carbocycles. The highest BCUT2D eigenvalue weighted by Crippen LogP contribution is 2.36. The molecule has 0 saturated heterocycles. The highest BCUT2D eigenvalue weighted by molar-refractivity contribution is 5.31. The molecule has 1 aromatic rings. The van der Waals surface area contributed by atoms with E-state index in [9.17, 15) is 0 Å². The number of aromatic nitrogens is 1. The predicted molar refractivity (Wildman–Crippen MR) is 77.3 cm³/mol. The number of aryl methyl sites for hydroxylation is 1. The molecule has 1 unspecified atom stereocenters. The van der Waals surface area contributed by atoms with Crippen LogP contribution in [0.5, 0.6) is 5.88 Å². The lowest BCUT2D eigenvalue weighted by Gasteiger charge is -2.31. The van der Waals surface area contributed by atoms with Crippen molar-refractivity contribution in [1.29, 1.82) is 0 Å². The minimum absolute atomic E-state index is 0.258. The molecule has 0 amide bonds. The lowest BCUT2D eigenvalue weighted by atomic mass is 9.74. The van der Waals surface area contributed by atoms with E-state index in [1.165, 1.54) is 37.7 Å². The third kappa shape index (κ3) is 3.47. The number of pyridine rings is 1. The summed E-state index contributed by atoms with van der Waals surface area (Å²) in [5.41, 5.74) is 2.76. The first kappa shape index (κ1) is 15.0. The molecule has 2 heteroatoms. The summed E-state index contributed by atoms with van der Waals surface area (Å²) in [6.45, 7) is 8.99. The van der Waals surface area contributed by atoms with Crippen LogP contribution in [0.3, 0.4) is 0 Å². The van der Waals surface area contributed by atoms with E-state index in [4.69, 9.17) is 4.74 Å². The molecule has 0 aliphatic heterocycles. The molecule has 0 radical (unpaired) electrons. The zero-order chi connectivity index (χ0) is 13.6. The van der Waals surface area contributed by atoms with Crippen molar-refractivity contribution in [2.45, 2.75) is 65.2 Å². The van der Waals surface area contributed by atoms with Gasteiger partial charge in [-0.3, -0.25) is 0 Å². The Hall–Kier alpha value is -1.05. The van der Waals surface area contributed by atoms with Crippen molar-refractivity contribution < 1.29 is 4.74 Å². The van der Waals surface area contributed by atoms with E-state index in [2.05, 4.69) is 38.7 Å². The van der Waals surface area contributed by atoms with Gasteiger partial charge in [0, 0.05) is 11.8 Å². The molecule has 1 heterocycles. The maximum atomic E-state index is 5.19. The van der Waals surface area contributed by atoms with Crippen LogP contribution in [0.1, 0.15) is 64.1 Å². The van der Waals surface area contributed by atoms with E-state index < -0.39 is 0 Å². The third-order valence-electron chi connectivity index (χ3n) is 3.80. The summed E-state index contributed by atoms with van der Waals surface area (Å²) < 4.78 is 5.19. The maximum Gasteiger partial charge on any atom is 0.213 e. The van der Waals surface area contributed by atoms with Gasteiger partial charge in [0.15, 0.2) is 0 Å². The average Bonchev–Trinajstić information content (AvgIpc) is 2.36. The number of unbranched alkanes of at least 4 members (excludes halogenated alkanes) is 1. The lowest BCUT2D eigenvalue weighted by molar-refractivity contribution is 0.372. The Morgan fingerprint density at radius 1 is 1.17 bits per heavy atom. The fraction of sp³-hybridized carbons (Fsp3) is 0.688. The molecule has 18 heavy (non-hydrogen) atoms. The van der Waals surface area contributed by atoms with Gasteiger partial charge in [0.25, 0.3) is 0 Å². The Balaban J connectivity index is 3.04. The topological polar surface area (TPSA) is 22.1 Å². The average molecular weight is 249 g/mol. The summed E-state index contributed by atoms with van der Waals surface area (Å²) in [5, 5.41) is 0. The fourth-order valence-corrected chi connectivity index (χ4v) is 2.80. The van der Waals surface area contributed by atoms with E-state index in [0.29, 0.717) is 5.88 Å². The van der Waals surface area contributed by atoms with Crippen LogP contribution in [0.4, 0.5) is 0 Å². The Labute approximate surface area is 112 Å². The number of rotatable bonds is 7. The molecule has 2 nitrogen and oxygen atoms in total. The van der Waals surface area contributed by atoms with Crippen LogP contribution in [0.25, 0.3) is 0 Å². The molecule has 0 N–H and O–H groups in total. The molecule has 0 fully saturated rings. The quantitative estimate of drug-likeness (QED) is 0.702. The Morgan fingerprint density at radius 3 is 2.39 bits per heavy atom. The summed E-state index contributed by atoms with van der Waals surface area (Å²) in [6.07, 6.45) is 6.21. The van der Waals surface area contributed by atoms with Crippen LogP contribution in [0.15, 0.2) is 12.1 Å². The summed E-state index contributed by atoms with van der Waals surface area (Å²) in [4.78, 5) is 4.53. The SMILES string of the molecule is CCCCC(C)(CCC)c1ccc(OC)nc1C. The molecule has 102 valence electrons. The summed E-state index contributed by atoms with van der Waals surface area (Å²) >= 11 is 0. The van der Waals surface area contributed by atoms with Gasteiger partial charge >= 0.3 is 0 Å². The molecule has 0 spiro atoms. The molecule has 1 rings (SSSR count). The zero-order valence-corrected chi connectivity index (χ0v) is 12.5. The molecule has 1 atom stereocenters. The standard InChI is InChI=1S/C16H27NO/c1-6-8-12-16(4,11-7-2)14-9-10-15(18-5)17-13(14)3/h9-10H,6-8,11-12H2,1-5H3. The second kappa shape index (κ2) is 6.77. The summed E-state index contributed by atoms with van der Waals surface area (Å²) in [7, 11) is 1.67. The van der Waals surface area contributed by atoms with Gasteiger partial charge in [-0.05, 0) is 30.7 Å². The van der Waals surface area contributed by atoms with E-state index in [1.807, 2.05) is 6.07 Å². The van der Waals surface area contributed by atoms with Gasteiger partial charge in [-0.25, -0.2) is 4.98 Å². The maximum absolute atomic E-state index is 5.19. The van der Waals surface area contributed by atoms with Crippen LogP contribution in [-0.4, -0.2) is 12.1 Å². The molecular formula is C16H27NO. The molecule has 0 saturated carbocycles. The van der Waals surface area contributed by atoms with E-state index in [-0.39, 0.29) is 5.41 Å². The van der Waals surface area contributed by atoms with Gasteiger partial charge in [-0.2, -0.15) is 0 Å². The number of ether oxygens (including phenoxy) is 1. The van der Waals surface area contributed by atoms with Crippen LogP contribution < -0.4 is 4.74 Å². The highest BCUT2D eigenvalue weighted by Gasteiger charge is 2.27. The number of nitrogens with zero attached hydrogens (tertiary/aromatic N) is 1. The van der Waals surface area contributed by atoms with Gasteiger partial charge in [0.2, 0.25) is 5.88 Å². The van der Waals surface area contributed by atoms with Crippen LogP contribution in [-0.2, 0) is 5.41 Å². The first-order chi connectivity index (χ1) is 8.57. The van der Waals surface area contributed by atoms with Crippen LogP contribution in [0.2, 0.25) is 0 Å². The van der Waals surface area contributed by atoms with Crippen molar-refractivity contribution in [2.75, 3.05) is 7.11 Å². The smallest absolute Gasteiger partial charge is 0.213 e. The molecule has 0 aliphatic rings. The van der Waals surface area contributed by atoms with Gasteiger partial charge in [0.05, 0.1) is 7.11 Å². The minimum Gasteiger partial charge on any atom is -0.481 e. The van der Waals surface area contributed by atoms with Gasteiger partial charge in [-0.15, -0.1) is 0 Å². The first-order valence-electron chi connectivity index (χ1n) is 7.09. The second-order valence-electron chi connectivity index (χ2n) is 5.40. The van der Waals surface area contributed by atoms with Gasteiger partial charge in [0.1, 0.15) is 0 Å². The van der Waals surface area contributed by atoms with Crippen molar-refractivity contribution in [1.82, 2.24) is 4.98 Å². The van der Waals surface area contributed by atoms with Crippen molar-refractivity contribution in [3.05, 3.63) is 23.4 Å². The van der Waals surface area contributed by atoms with Gasteiger partial charge < -0.3 is 4.74 Å². The molecule has 1 aromatic heterocycles. The second-order valence-corrected chi connectivity index (χ2v) is 5.40. The van der Waals surface area contributed by atoms with E-state index in [0.717, 1.165) is 5.69 Å². The molecule has 0 aliphatic carbocycles. The fourth-order valence-electron chi connectivity index (χ4n) is 2.80. The van der Waals surface area contributed by atoms with Crippen molar-refractivity contribution in [3.63, 3.8) is 0 Å². The van der Waals surface area contributed by atoms with E-state index in [1.54, 1.807) is 7.11 Å². The number of methoxy groups -OCH3 is 1. The lowest BCUT2D eigenvalue weighted by Crippen LogP contribution is -2.23. The van der Waals surface area contributed by atoms with Crippen molar-refractivity contribution in [2.24, 2.45) is 0 Å². The largest absolute Gasteiger partial charge is 0.481 e. The van der Waals surface area contributed by atoms with Gasteiger partial charge in [-0.1, -0.05) is 46.1 Å². The summed E-state index contributed by atoms with van der Waals surface area (Å²) in [6, 6.07) is 4.19. The highest BCUT2D eigenvalue weighted by atomic mass is 16.5. The third-order valence-corrected chi connectivity index (χ3v) is 3.80. The summed E-state index contributed by atoms with van der Waals surface area (Å²) in [5.74, 6) is 0.714. The number of hydrogen-bond donors (Lipinski definition) is 0. The molecule has 0 bridgehead atoms. The number of hydrogen-bond acceptors (Lipinski definition) is 2. The Bertz CT molecular complexity index is 375. The normalized spacial score (nSPS) is 14.3. The van der Waals surface area contributed by atoms with Crippen LogP contribution >= 0.6 is 0 Å². The minimum atomic E-state index is 0.258. The van der Waals surface area contributed by atoms with Crippen molar-refractivity contribution >= 4 is 0 Å². The van der Waals surface area contributed by atoms with Crippen LogP contribution in [0, 0.1) is 6.92 Å². The Kier molecular flexibility index (Phi) is 5.64. The van der Waals surface area contributed by atoms with Crippen molar-refractivity contribution in [3.8, 4) is 5.88 Å². The Morgan fingerprint density at radius 2 is 1.89 bits per heavy atom. The predicted octanol–water partition coefficient (Wildman–Crippen LogP) is 4.65. The molecular weight excluding hydrogens is 222 g/mol. The first-order valence-corrected chi connectivity index (χ1v) is 7.09. The van der Waals surface area contributed by atoms with E-state index >= 15 is 0 Å². The monoisotopic (exact) mass is 249 g/mol. The zero-order valence-electron chi connectivity index (χ0n) is 12.5.